The van der Waals surface area contributed by atoms with E-state index in [1.165, 1.54) is 12.3 Å². The van der Waals surface area contributed by atoms with Crippen molar-refractivity contribution in [3.63, 3.8) is 0 Å². The van der Waals surface area contributed by atoms with E-state index in [0.717, 1.165) is 0 Å². The first-order chi connectivity index (χ1) is 10.2. The van der Waals surface area contributed by atoms with Crippen molar-refractivity contribution >= 4 is 5.91 Å². The van der Waals surface area contributed by atoms with Crippen molar-refractivity contribution in [2.45, 2.75) is 19.5 Å². The van der Waals surface area contributed by atoms with Gasteiger partial charge >= 0.3 is 0 Å². The van der Waals surface area contributed by atoms with Crippen LogP contribution in [0.1, 0.15) is 34.8 Å². The van der Waals surface area contributed by atoms with E-state index < -0.39 is 0 Å². The van der Waals surface area contributed by atoms with E-state index in [2.05, 4.69) is 20.5 Å². The number of methoxy groups -OCH3 is 1. The summed E-state index contributed by atoms with van der Waals surface area (Å²) in [5, 5.41) is 19.4. The first kappa shape index (κ1) is 14.7. The lowest BCUT2D eigenvalue weighted by Gasteiger charge is -2.14. The van der Waals surface area contributed by atoms with Crippen LogP contribution in [0.2, 0.25) is 0 Å². The van der Waals surface area contributed by atoms with Gasteiger partial charge in [-0.3, -0.25) is 4.79 Å². The van der Waals surface area contributed by atoms with Crippen molar-refractivity contribution in [3.05, 3.63) is 35.7 Å². The highest BCUT2D eigenvalue weighted by molar-refractivity contribution is 5.93. The Morgan fingerprint density at radius 2 is 2.48 bits per heavy atom. The van der Waals surface area contributed by atoms with Gasteiger partial charge in [-0.05, 0) is 13.0 Å². The number of carbonyl (C=O) groups is 1. The van der Waals surface area contributed by atoms with E-state index in [-0.39, 0.29) is 11.9 Å². The molecule has 0 unspecified atom stereocenters. The van der Waals surface area contributed by atoms with Gasteiger partial charge in [-0.2, -0.15) is 5.26 Å². The van der Waals surface area contributed by atoms with Gasteiger partial charge in [-0.1, -0.05) is 0 Å². The van der Waals surface area contributed by atoms with Crippen molar-refractivity contribution in [3.8, 4) is 6.07 Å². The Balaban J connectivity index is 2.04. The topological polar surface area (TPSA) is 109 Å². The number of carbonyl (C=O) groups excluding carboxylic acids is 1. The monoisotopic (exact) mass is 288 g/mol. The molecule has 2 rings (SSSR count). The molecule has 0 radical (unpaired) electrons. The summed E-state index contributed by atoms with van der Waals surface area (Å²) in [6.45, 7) is 2.97. The predicted molar refractivity (Wildman–Crippen MR) is 73.3 cm³/mol. The van der Waals surface area contributed by atoms with Gasteiger partial charge in [0.2, 0.25) is 0 Å². The number of nitrogens with zero attached hydrogens (tertiary/aromatic N) is 4. The maximum absolute atomic E-state index is 12.1. The largest absolute Gasteiger partial charge is 0.383 e. The van der Waals surface area contributed by atoms with Crippen LogP contribution >= 0.6 is 0 Å². The summed E-state index contributed by atoms with van der Waals surface area (Å²) in [5.41, 5.74) is 0.748. The lowest BCUT2D eigenvalue weighted by atomic mass is 10.2. The van der Waals surface area contributed by atoms with Crippen molar-refractivity contribution in [1.29, 1.82) is 5.26 Å². The zero-order valence-electron chi connectivity index (χ0n) is 11.8. The molecular weight excluding hydrogens is 272 g/mol. The van der Waals surface area contributed by atoms with Crippen LogP contribution in [0.5, 0.6) is 0 Å². The number of aromatic amines is 1. The molecule has 2 N–H and O–H groups in total. The zero-order valence-corrected chi connectivity index (χ0v) is 11.8. The molecule has 110 valence electrons. The summed E-state index contributed by atoms with van der Waals surface area (Å²) in [4.78, 5) is 14.8. The SMILES string of the molecule is COCCn1cnnc1[C@@H](C)NC(=O)c1cc(C#N)c[nH]1. The van der Waals surface area contributed by atoms with E-state index in [1.807, 2.05) is 17.6 Å². The molecule has 0 aromatic carbocycles. The second-order valence-corrected chi connectivity index (χ2v) is 4.48. The number of aromatic nitrogens is 4. The molecule has 1 amide bonds. The number of nitrogens with one attached hydrogen (secondary N) is 2. The van der Waals surface area contributed by atoms with Gasteiger partial charge < -0.3 is 19.6 Å². The third kappa shape index (κ3) is 3.46. The molecule has 0 bridgehead atoms. The maximum atomic E-state index is 12.1. The molecule has 21 heavy (non-hydrogen) atoms. The van der Waals surface area contributed by atoms with Crippen molar-refractivity contribution in [2.24, 2.45) is 0 Å². The van der Waals surface area contributed by atoms with Crippen molar-refractivity contribution in [2.75, 3.05) is 13.7 Å². The normalized spacial score (nSPS) is 11.9. The Bertz CT molecular complexity index is 654. The fraction of sp³-hybridized carbons (Fsp3) is 0.385. The van der Waals surface area contributed by atoms with Crippen molar-refractivity contribution < 1.29 is 9.53 Å². The number of hydrogen-bond donors (Lipinski definition) is 2. The molecule has 2 aromatic rings. The summed E-state index contributed by atoms with van der Waals surface area (Å²) in [5.74, 6) is 0.345. The maximum Gasteiger partial charge on any atom is 0.268 e. The lowest BCUT2D eigenvalue weighted by molar-refractivity contribution is 0.0932. The van der Waals surface area contributed by atoms with Gasteiger partial charge in [-0.15, -0.1) is 10.2 Å². The molecule has 0 aliphatic rings. The second-order valence-electron chi connectivity index (χ2n) is 4.48. The van der Waals surface area contributed by atoms with Crippen LogP contribution in [0.15, 0.2) is 18.6 Å². The third-order valence-electron chi connectivity index (χ3n) is 2.97. The Morgan fingerprint density at radius 3 is 3.14 bits per heavy atom. The Morgan fingerprint density at radius 1 is 1.67 bits per heavy atom. The smallest absolute Gasteiger partial charge is 0.268 e. The van der Waals surface area contributed by atoms with E-state index in [1.54, 1.807) is 13.4 Å². The van der Waals surface area contributed by atoms with Gasteiger partial charge in [0.15, 0.2) is 5.82 Å². The summed E-state index contributed by atoms with van der Waals surface area (Å²) in [6.07, 6.45) is 3.08. The number of amides is 1. The standard InChI is InChI=1S/C13H16N6O2/c1-9(12-18-16-8-19(12)3-4-21-2)17-13(20)11-5-10(6-14)7-15-11/h5,7-9,15H,3-4H2,1-2H3,(H,17,20)/t9-/m1/s1. The molecular formula is C13H16N6O2. The summed E-state index contributed by atoms with van der Waals surface area (Å²) < 4.78 is 6.84. The van der Waals surface area contributed by atoms with Crippen LogP contribution in [0.25, 0.3) is 0 Å². The highest BCUT2D eigenvalue weighted by atomic mass is 16.5. The average molecular weight is 288 g/mol. The van der Waals surface area contributed by atoms with E-state index in [0.29, 0.717) is 30.2 Å². The molecule has 0 spiro atoms. The van der Waals surface area contributed by atoms with Gasteiger partial charge in [0, 0.05) is 19.9 Å². The molecule has 2 heterocycles. The number of nitriles is 1. The average Bonchev–Trinajstić information content (AvgIpc) is 3.13. The Labute approximate surface area is 121 Å². The molecule has 0 saturated heterocycles. The van der Waals surface area contributed by atoms with E-state index in [9.17, 15) is 4.79 Å². The highest BCUT2D eigenvalue weighted by Gasteiger charge is 2.17. The van der Waals surface area contributed by atoms with Crippen LogP contribution in [0.3, 0.4) is 0 Å². The second kappa shape index (κ2) is 6.67. The summed E-state index contributed by atoms with van der Waals surface area (Å²) in [6, 6.07) is 3.15. The molecule has 2 aromatic heterocycles. The molecule has 0 aliphatic carbocycles. The minimum absolute atomic E-state index is 0.301. The van der Waals surface area contributed by atoms with Crippen LogP contribution in [-0.2, 0) is 11.3 Å². The molecule has 8 nitrogen and oxygen atoms in total. The fourth-order valence-electron chi connectivity index (χ4n) is 1.89. The first-order valence-corrected chi connectivity index (χ1v) is 6.41. The van der Waals surface area contributed by atoms with Gasteiger partial charge in [0.25, 0.3) is 5.91 Å². The predicted octanol–water partition coefficient (Wildman–Crippen LogP) is 0.615. The van der Waals surface area contributed by atoms with Crippen LogP contribution in [-0.4, -0.2) is 39.4 Å². The fourth-order valence-corrected chi connectivity index (χ4v) is 1.89. The number of rotatable bonds is 6. The van der Waals surface area contributed by atoms with Gasteiger partial charge in [-0.25, -0.2) is 0 Å². The molecule has 8 heteroatoms. The Kier molecular flexibility index (Phi) is 4.68. The van der Waals surface area contributed by atoms with Gasteiger partial charge in [0.1, 0.15) is 18.1 Å². The number of hydrogen-bond acceptors (Lipinski definition) is 5. The molecule has 1 atom stereocenters. The molecule has 0 aliphatic heterocycles. The number of H-pyrrole nitrogens is 1. The summed E-state index contributed by atoms with van der Waals surface area (Å²) >= 11 is 0. The van der Waals surface area contributed by atoms with E-state index >= 15 is 0 Å². The summed E-state index contributed by atoms with van der Waals surface area (Å²) in [7, 11) is 1.62. The molecule has 0 saturated carbocycles. The minimum atomic E-state index is -0.314. The van der Waals surface area contributed by atoms with Crippen LogP contribution in [0.4, 0.5) is 0 Å². The third-order valence-corrected chi connectivity index (χ3v) is 2.97. The molecule has 0 fully saturated rings. The van der Waals surface area contributed by atoms with E-state index in [4.69, 9.17) is 10.00 Å². The minimum Gasteiger partial charge on any atom is -0.383 e. The van der Waals surface area contributed by atoms with Crippen LogP contribution in [0, 0.1) is 11.3 Å². The lowest BCUT2D eigenvalue weighted by Crippen LogP contribution is -2.29. The van der Waals surface area contributed by atoms with Gasteiger partial charge in [0.05, 0.1) is 18.2 Å². The van der Waals surface area contributed by atoms with Crippen molar-refractivity contribution in [1.82, 2.24) is 25.1 Å². The van der Waals surface area contributed by atoms with Crippen LogP contribution < -0.4 is 5.32 Å². The number of ether oxygens (including phenoxy) is 1. The quantitative estimate of drug-likeness (QED) is 0.809. The highest BCUT2D eigenvalue weighted by Crippen LogP contribution is 2.10. The first-order valence-electron chi connectivity index (χ1n) is 6.41. The zero-order chi connectivity index (χ0) is 15.2. The Hall–Kier alpha value is -2.66.